The maximum atomic E-state index is 12.9. The van der Waals surface area contributed by atoms with Gasteiger partial charge in [0, 0.05) is 31.7 Å². The fourth-order valence-corrected chi connectivity index (χ4v) is 5.06. The number of likely N-dealkylation sites (N-methyl/N-ethyl adjacent to an activating group) is 1. The van der Waals surface area contributed by atoms with Crippen LogP contribution < -0.4 is 0 Å². The van der Waals surface area contributed by atoms with E-state index in [4.69, 9.17) is 5.26 Å². The average Bonchev–Trinajstić information content (AvgIpc) is 2.74. The van der Waals surface area contributed by atoms with E-state index >= 15 is 0 Å². The number of piperidine rings is 2. The molecule has 0 N–H and O–H groups in total. The molecule has 1 unspecified atom stereocenters. The van der Waals surface area contributed by atoms with Crippen molar-refractivity contribution in [1.82, 2.24) is 9.80 Å². The highest BCUT2D eigenvalue weighted by Crippen LogP contribution is 2.44. The summed E-state index contributed by atoms with van der Waals surface area (Å²) in [6, 6.07) is 20.0. The number of nitrogens with zero attached hydrogens (tertiary/aromatic N) is 3. The third-order valence-electron chi connectivity index (χ3n) is 6.44. The Labute approximate surface area is 167 Å². The zero-order valence-corrected chi connectivity index (χ0v) is 16.5. The standard InChI is InChI=1S/C24H27N3O/c1-26-17-22(20-7-3-2-4-8-20)15-24(18-26)10-12-27(13-11-24)23(28)21-9-5-6-19(14-21)16-25/h2-9,14,22H,10-13,15,17-18H2,1H3. The van der Waals surface area contributed by atoms with Gasteiger partial charge in [0.05, 0.1) is 11.6 Å². The van der Waals surface area contributed by atoms with Crippen LogP contribution in [0.15, 0.2) is 54.6 Å². The smallest absolute Gasteiger partial charge is 0.253 e. The van der Waals surface area contributed by atoms with Gasteiger partial charge in [0.2, 0.25) is 0 Å². The van der Waals surface area contributed by atoms with Gasteiger partial charge in [0.15, 0.2) is 0 Å². The molecule has 2 aliphatic rings. The summed E-state index contributed by atoms with van der Waals surface area (Å²) in [5.74, 6) is 0.616. The number of rotatable bonds is 2. The van der Waals surface area contributed by atoms with Crippen molar-refractivity contribution in [1.29, 1.82) is 5.26 Å². The molecule has 2 fully saturated rings. The number of hydrogen-bond donors (Lipinski definition) is 0. The van der Waals surface area contributed by atoms with E-state index in [9.17, 15) is 4.79 Å². The second-order valence-corrected chi connectivity index (χ2v) is 8.49. The first kappa shape index (κ1) is 18.7. The van der Waals surface area contributed by atoms with E-state index in [1.807, 2.05) is 11.0 Å². The molecular weight excluding hydrogens is 346 g/mol. The van der Waals surface area contributed by atoms with Crippen LogP contribution in [0, 0.1) is 16.7 Å². The number of nitriles is 1. The Morgan fingerprint density at radius 2 is 1.86 bits per heavy atom. The Kier molecular flexibility index (Phi) is 5.19. The van der Waals surface area contributed by atoms with Gasteiger partial charge in [0.25, 0.3) is 5.91 Å². The second kappa shape index (κ2) is 7.77. The molecule has 4 heteroatoms. The molecule has 0 aromatic heterocycles. The molecule has 2 aromatic carbocycles. The lowest BCUT2D eigenvalue weighted by Crippen LogP contribution is -2.51. The molecule has 0 radical (unpaired) electrons. The summed E-state index contributed by atoms with van der Waals surface area (Å²) in [6.45, 7) is 3.81. The highest BCUT2D eigenvalue weighted by atomic mass is 16.2. The van der Waals surface area contributed by atoms with Crippen molar-refractivity contribution in [3.63, 3.8) is 0 Å². The number of carbonyl (C=O) groups is 1. The zero-order valence-electron chi connectivity index (χ0n) is 16.5. The number of hydrogen-bond acceptors (Lipinski definition) is 3. The molecule has 0 bridgehead atoms. The first-order valence-corrected chi connectivity index (χ1v) is 10.1. The Bertz CT molecular complexity index is 878. The third kappa shape index (κ3) is 3.81. The monoisotopic (exact) mass is 373 g/mol. The Morgan fingerprint density at radius 1 is 1.11 bits per heavy atom. The second-order valence-electron chi connectivity index (χ2n) is 8.49. The molecular formula is C24H27N3O. The maximum Gasteiger partial charge on any atom is 0.253 e. The summed E-state index contributed by atoms with van der Waals surface area (Å²) in [6.07, 6.45) is 3.29. The van der Waals surface area contributed by atoms with E-state index in [1.54, 1.807) is 18.2 Å². The molecule has 0 saturated carbocycles. The first-order chi connectivity index (χ1) is 13.6. The third-order valence-corrected chi connectivity index (χ3v) is 6.44. The van der Waals surface area contributed by atoms with Crippen molar-refractivity contribution in [2.75, 3.05) is 33.2 Å². The summed E-state index contributed by atoms with van der Waals surface area (Å²) >= 11 is 0. The number of amides is 1. The van der Waals surface area contributed by atoms with E-state index in [2.05, 4.69) is 48.3 Å². The summed E-state index contributed by atoms with van der Waals surface area (Å²) in [5, 5.41) is 9.08. The van der Waals surface area contributed by atoms with Crippen molar-refractivity contribution >= 4 is 5.91 Å². The molecule has 2 aliphatic heterocycles. The van der Waals surface area contributed by atoms with Crippen molar-refractivity contribution in [2.24, 2.45) is 5.41 Å². The largest absolute Gasteiger partial charge is 0.339 e. The van der Waals surface area contributed by atoms with E-state index in [-0.39, 0.29) is 5.91 Å². The Balaban J connectivity index is 1.45. The van der Waals surface area contributed by atoms with Gasteiger partial charge in [-0.3, -0.25) is 4.79 Å². The van der Waals surface area contributed by atoms with Crippen LogP contribution >= 0.6 is 0 Å². The van der Waals surface area contributed by atoms with Gasteiger partial charge in [-0.25, -0.2) is 0 Å². The van der Waals surface area contributed by atoms with Crippen LogP contribution in [0.3, 0.4) is 0 Å². The fraction of sp³-hybridized carbons (Fsp3) is 0.417. The first-order valence-electron chi connectivity index (χ1n) is 10.1. The molecule has 2 aromatic rings. The quantitative estimate of drug-likeness (QED) is 0.802. The van der Waals surface area contributed by atoms with Crippen LogP contribution in [0.1, 0.15) is 46.7 Å². The molecule has 0 aliphatic carbocycles. The minimum absolute atomic E-state index is 0.0516. The van der Waals surface area contributed by atoms with E-state index < -0.39 is 0 Å². The van der Waals surface area contributed by atoms with Gasteiger partial charge < -0.3 is 9.80 Å². The predicted octanol–water partition coefficient (Wildman–Crippen LogP) is 3.90. The van der Waals surface area contributed by atoms with Gasteiger partial charge in [0.1, 0.15) is 0 Å². The van der Waals surface area contributed by atoms with Gasteiger partial charge in [-0.2, -0.15) is 5.26 Å². The highest BCUT2D eigenvalue weighted by Gasteiger charge is 2.42. The minimum Gasteiger partial charge on any atom is -0.339 e. The fourth-order valence-electron chi connectivity index (χ4n) is 5.06. The van der Waals surface area contributed by atoms with Crippen LogP contribution in [-0.4, -0.2) is 48.9 Å². The normalized spacial score (nSPS) is 22.0. The number of benzene rings is 2. The van der Waals surface area contributed by atoms with Crippen molar-refractivity contribution in [3.05, 3.63) is 71.3 Å². The molecule has 1 amide bonds. The van der Waals surface area contributed by atoms with Gasteiger partial charge >= 0.3 is 0 Å². The van der Waals surface area contributed by atoms with Crippen LogP contribution in [0.25, 0.3) is 0 Å². The number of carbonyl (C=O) groups excluding carboxylic acids is 1. The van der Waals surface area contributed by atoms with E-state index in [0.717, 1.165) is 39.0 Å². The predicted molar refractivity (Wildman–Crippen MR) is 110 cm³/mol. The lowest BCUT2D eigenvalue weighted by atomic mass is 9.68. The topological polar surface area (TPSA) is 47.3 Å². The number of likely N-dealkylation sites (tertiary alicyclic amines) is 2. The molecule has 1 spiro atoms. The summed E-state index contributed by atoms with van der Waals surface area (Å²) in [5.41, 5.74) is 2.89. The van der Waals surface area contributed by atoms with Crippen molar-refractivity contribution in [3.8, 4) is 6.07 Å². The van der Waals surface area contributed by atoms with Gasteiger partial charge in [-0.15, -0.1) is 0 Å². The molecule has 28 heavy (non-hydrogen) atoms. The van der Waals surface area contributed by atoms with Crippen molar-refractivity contribution in [2.45, 2.75) is 25.2 Å². The maximum absolute atomic E-state index is 12.9. The van der Waals surface area contributed by atoms with E-state index in [0.29, 0.717) is 22.5 Å². The Morgan fingerprint density at radius 3 is 2.57 bits per heavy atom. The van der Waals surface area contributed by atoms with Gasteiger partial charge in [-0.1, -0.05) is 36.4 Å². The Hall–Kier alpha value is -2.64. The summed E-state index contributed by atoms with van der Waals surface area (Å²) in [7, 11) is 2.22. The lowest BCUT2D eigenvalue weighted by Gasteiger charge is -2.49. The molecule has 1 atom stereocenters. The molecule has 4 rings (SSSR count). The van der Waals surface area contributed by atoms with Crippen LogP contribution in [-0.2, 0) is 0 Å². The molecule has 2 heterocycles. The van der Waals surface area contributed by atoms with Gasteiger partial charge in [-0.05, 0) is 61.4 Å². The molecule has 2 saturated heterocycles. The average molecular weight is 374 g/mol. The summed E-state index contributed by atoms with van der Waals surface area (Å²) in [4.78, 5) is 17.3. The van der Waals surface area contributed by atoms with E-state index in [1.165, 1.54) is 12.0 Å². The lowest BCUT2D eigenvalue weighted by molar-refractivity contribution is 0.0224. The van der Waals surface area contributed by atoms with Crippen LogP contribution in [0.4, 0.5) is 0 Å². The highest BCUT2D eigenvalue weighted by molar-refractivity contribution is 5.94. The van der Waals surface area contributed by atoms with Crippen LogP contribution in [0.2, 0.25) is 0 Å². The van der Waals surface area contributed by atoms with Crippen molar-refractivity contribution < 1.29 is 4.79 Å². The minimum atomic E-state index is 0.0516. The summed E-state index contributed by atoms with van der Waals surface area (Å²) < 4.78 is 0. The molecule has 144 valence electrons. The zero-order chi connectivity index (χ0) is 19.6. The SMILES string of the molecule is CN1CC(c2ccccc2)CC2(CCN(C(=O)c3cccc(C#N)c3)CC2)C1. The van der Waals surface area contributed by atoms with Crippen LogP contribution in [0.5, 0.6) is 0 Å². The molecule has 4 nitrogen and oxygen atoms in total.